The van der Waals surface area contributed by atoms with Crippen LogP contribution in [0.1, 0.15) is 45.3 Å². The number of thiophene rings is 1. The van der Waals surface area contributed by atoms with Gasteiger partial charge in [0.2, 0.25) is 0 Å². The molecular formula is C20H19N3O5S. The second kappa shape index (κ2) is 8.41. The highest BCUT2D eigenvalue weighted by Gasteiger charge is 2.25. The average molecular weight is 413 g/mol. The second-order valence-corrected chi connectivity index (χ2v) is 8.10. The third-order valence-corrected chi connectivity index (χ3v) is 6.10. The number of anilines is 1. The lowest BCUT2D eigenvalue weighted by molar-refractivity contribution is -0.385. The van der Waals surface area contributed by atoms with Crippen LogP contribution in [-0.2, 0) is 22.4 Å². The number of nitrogens with one attached hydrogen (secondary N) is 1. The Hall–Kier alpha value is -3.25. The number of ether oxygens (including phenoxy) is 1. The Bertz CT molecular complexity index is 1040. The molecule has 0 unspecified atom stereocenters. The number of esters is 1. The van der Waals surface area contributed by atoms with E-state index in [9.17, 15) is 25.0 Å². The van der Waals surface area contributed by atoms with E-state index in [1.807, 2.05) is 0 Å². The standard InChI is InChI=1S/C20H19N3O5S/c1-11-6-7-14-15(9-21)19(29-17(14)8-11)22-18(24)10-28-20(25)13-4-3-5-16(12(13)2)23(26)27/h3-5,11H,6-8,10H2,1-2H3,(H,22,24)/t11-/m0/s1. The first kappa shape index (κ1) is 20.5. The smallest absolute Gasteiger partial charge is 0.339 e. The molecule has 29 heavy (non-hydrogen) atoms. The lowest BCUT2D eigenvalue weighted by Crippen LogP contribution is -2.21. The summed E-state index contributed by atoms with van der Waals surface area (Å²) in [4.78, 5) is 36.0. The molecule has 0 radical (unpaired) electrons. The van der Waals surface area contributed by atoms with Crippen molar-refractivity contribution in [3.05, 3.63) is 55.4 Å². The summed E-state index contributed by atoms with van der Waals surface area (Å²) < 4.78 is 5.02. The zero-order chi connectivity index (χ0) is 21.1. The van der Waals surface area contributed by atoms with Crippen molar-refractivity contribution in [2.45, 2.75) is 33.1 Å². The fraction of sp³-hybridized carbons (Fsp3) is 0.350. The summed E-state index contributed by atoms with van der Waals surface area (Å²) in [5, 5.41) is 23.6. The van der Waals surface area contributed by atoms with Gasteiger partial charge in [0, 0.05) is 16.5 Å². The number of nitrogens with zero attached hydrogens (tertiary/aromatic N) is 2. The maximum atomic E-state index is 12.3. The van der Waals surface area contributed by atoms with Crippen LogP contribution in [-0.4, -0.2) is 23.4 Å². The van der Waals surface area contributed by atoms with E-state index in [1.165, 1.54) is 36.5 Å². The number of nitro benzene ring substituents is 1. The van der Waals surface area contributed by atoms with Gasteiger partial charge < -0.3 is 10.1 Å². The molecule has 0 fully saturated rings. The van der Waals surface area contributed by atoms with Crippen LogP contribution < -0.4 is 5.32 Å². The number of nitriles is 1. The molecule has 1 heterocycles. The molecule has 9 heteroatoms. The van der Waals surface area contributed by atoms with Crippen molar-refractivity contribution in [2.75, 3.05) is 11.9 Å². The van der Waals surface area contributed by atoms with Crippen LogP contribution in [0.5, 0.6) is 0 Å². The van der Waals surface area contributed by atoms with E-state index in [1.54, 1.807) is 0 Å². The molecule has 1 aliphatic rings. The maximum absolute atomic E-state index is 12.3. The van der Waals surface area contributed by atoms with Gasteiger partial charge in [0.1, 0.15) is 11.1 Å². The minimum atomic E-state index is -0.818. The van der Waals surface area contributed by atoms with Crippen LogP contribution >= 0.6 is 11.3 Å². The number of benzene rings is 1. The first-order chi connectivity index (χ1) is 13.8. The Morgan fingerprint density at radius 3 is 2.90 bits per heavy atom. The Kier molecular flexibility index (Phi) is 5.94. The average Bonchev–Trinajstić information content (AvgIpc) is 3.01. The van der Waals surface area contributed by atoms with Crippen molar-refractivity contribution in [1.82, 2.24) is 0 Å². The molecule has 1 atom stereocenters. The molecule has 150 valence electrons. The first-order valence-electron chi connectivity index (χ1n) is 9.07. The van der Waals surface area contributed by atoms with Gasteiger partial charge in [-0.3, -0.25) is 14.9 Å². The monoisotopic (exact) mass is 413 g/mol. The number of rotatable bonds is 5. The zero-order valence-electron chi connectivity index (χ0n) is 16.0. The summed E-state index contributed by atoms with van der Waals surface area (Å²) in [6, 6.07) is 6.25. The molecule has 0 spiro atoms. The molecule has 1 aromatic heterocycles. The normalized spacial score (nSPS) is 15.1. The van der Waals surface area contributed by atoms with Gasteiger partial charge in [-0.25, -0.2) is 4.79 Å². The lowest BCUT2D eigenvalue weighted by Gasteiger charge is -2.17. The molecule has 1 aliphatic carbocycles. The van der Waals surface area contributed by atoms with E-state index in [0.29, 0.717) is 16.5 Å². The summed E-state index contributed by atoms with van der Waals surface area (Å²) in [5.74, 6) is -0.846. The Morgan fingerprint density at radius 2 is 2.21 bits per heavy atom. The number of hydrogen-bond donors (Lipinski definition) is 1. The molecule has 2 aromatic rings. The second-order valence-electron chi connectivity index (χ2n) is 7.00. The molecule has 0 bridgehead atoms. The minimum absolute atomic E-state index is 0.0327. The molecule has 1 aromatic carbocycles. The van der Waals surface area contributed by atoms with E-state index >= 15 is 0 Å². The summed E-state index contributed by atoms with van der Waals surface area (Å²) in [6.07, 6.45) is 2.70. The minimum Gasteiger partial charge on any atom is -0.452 e. The summed E-state index contributed by atoms with van der Waals surface area (Å²) in [7, 11) is 0. The van der Waals surface area contributed by atoms with Gasteiger partial charge >= 0.3 is 5.97 Å². The number of fused-ring (bicyclic) bond motifs is 1. The van der Waals surface area contributed by atoms with Crippen molar-refractivity contribution >= 4 is 33.9 Å². The zero-order valence-corrected chi connectivity index (χ0v) is 16.8. The number of carbonyl (C=O) groups excluding carboxylic acids is 2. The van der Waals surface area contributed by atoms with Gasteiger partial charge in [0.05, 0.1) is 16.1 Å². The van der Waals surface area contributed by atoms with Gasteiger partial charge in [0.15, 0.2) is 6.61 Å². The number of carbonyl (C=O) groups is 2. The van der Waals surface area contributed by atoms with E-state index in [4.69, 9.17) is 4.74 Å². The molecule has 8 nitrogen and oxygen atoms in total. The van der Waals surface area contributed by atoms with Crippen molar-refractivity contribution in [3.63, 3.8) is 0 Å². The number of amides is 1. The molecule has 1 N–H and O–H groups in total. The predicted octanol–water partition coefficient (Wildman–Crippen LogP) is 3.76. The van der Waals surface area contributed by atoms with E-state index in [-0.39, 0.29) is 16.8 Å². The van der Waals surface area contributed by atoms with Crippen molar-refractivity contribution in [3.8, 4) is 6.07 Å². The Morgan fingerprint density at radius 1 is 1.45 bits per heavy atom. The van der Waals surface area contributed by atoms with Gasteiger partial charge in [0.25, 0.3) is 11.6 Å². The summed E-state index contributed by atoms with van der Waals surface area (Å²) in [6.45, 7) is 3.05. The predicted molar refractivity (Wildman–Crippen MR) is 107 cm³/mol. The van der Waals surface area contributed by atoms with Crippen LogP contribution in [0.3, 0.4) is 0 Å². The SMILES string of the molecule is Cc1c(C(=O)OCC(=O)Nc2sc3c(c2C#N)CC[C@H](C)C3)cccc1[N+](=O)[O-]. The molecule has 0 saturated carbocycles. The number of nitro groups is 1. The van der Waals surface area contributed by atoms with E-state index < -0.39 is 23.4 Å². The van der Waals surface area contributed by atoms with Crippen molar-refractivity contribution in [2.24, 2.45) is 5.92 Å². The third kappa shape index (κ3) is 4.27. The van der Waals surface area contributed by atoms with Crippen LogP contribution in [0, 0.1) is 34.3 Å². The van der Waals surface area contributed by atoms with Crippen molar-refractivity contribution in [1.29, 1.82) is 5.26 Å². The molecule has 3 rings (SSSR count). The Labute approximate surface area is 171 Å². The quantitative estimate of drug-likeness (QED) is 0.452. The highest BCUT2D eigenvalue weighted by Crippen LogP contribution is 2.39. The fourth-order valence-electron chi connectivity index (χ4n) is 3.37. The van der Waals surface area contributed by atoms with Gasteiger partial charge in [-0.2, -0.15) is 5.26 Å². The van der Waals surface area contributed by atoms with Gasteiger partial charge in [-0.15, -0.1) is 11.3 Å². The summed E-state index contributed by atoms with van der Waals surface area (Å²) >= 11 is 1.39. The first-order valence-corrected chi connectivity index (χ1v) is 9.89. The largest absolute Gasteiger partial charge is 0.452 e. The molecular weight excluding hydrogens is 394 g/mol. The van der Waals surface area contributed by atoms with Gasteiger partial charge in [-0.1, -0.05) is 13.0 Å². The van der Waals surface area contributed by atoms with E-state index in [2.05, 4.69) is 18.3 Å². The van der Waals surface area contributed by atoms with Crippen LogP contribution in [0.25, 0.3) is 0 Å². The molecule has 0 aliphatic heterocycles. The maximum Gasteiger partial charge on any atom is 0.339 e. The lowest BCUT2D eigenvalue weighted by atomic mass is 9.89. The van der Waals surface area contributed by atoms with E-state index in [0.717, 1.165) is 29.7 Å². The van der Waals surface area contributed by atoms with Crippen molar-refractivity contribution < 1.29 is 19.2 Å². The third-order valence-electron chi connectivity index (χ3n) is 4.93. The van der Waals surface area contributed by atoms with Crippen LogP contribution in [0.2, 0.25) is 0 Å². The molecule has 1 amide bonds. The topological polar surface area (TPSA) is 122 Å². The summed E-state index contributed by atoms with van der Waals surface area (Å²) in [5.41, 5.74) is 1.49. The Balaban J connectivity index is 1.67. The van der Waals surface area contributed by atoms with Gasteiger partial charge in [-0.05, 0) is 43.7 Å². The van der Waals surface area contributed by atoms with Crippen LogP contribution in [0.4, 0.5) is 10.7 Å². The highest BCUT2D eigenvalue weighted by atomic mass is 32.1. The fourth-order valence-corrected chi connectivity index (χ4v) is 4.75. The van der Waals surface area contributed by atoms with Crippen LogP contribution in [0.15, 0.2) is 18.2 Å². The highest BCUT2D eigenvalue weighted by molar-refractivity contribution is 7.16. The number of hydrogen-bond acceptors (Lipinski definition) is 7. The molecule has 0 saturated heterocycles.